The molecule has 0 aliphatic heterocycles. The van der Waals surface area contributed by atoms with E-state index in [4.69, 9.17) is 4.74 Å². The molecule has 1 heterocycles. The molecule has 1 aliphatic carbocycles. The standard InChI is InChI=1S/C25H27N3O2/c1-30-24-15-7-2-9-19(24)10-8-17-26-27-25(29)16-18-28-22-13-5-3-11-20(22)21-12-4-6-14-23(21)28/h2-3,5,7-11,13,15,17H,4,6,12,14,16,18H2,1H3,(H,27,29)/b10-8+,26-17+. The summed E-state index contributed by atoms with van der Waals surface area (Å²) >= 11 is 0. The fourth-order valence-corrected chi connectivity index (χ4v) is 4.21. The zero-order chi connectivity index (χ0) is 20.8. The van der Waals surface area contributed by atoms with Crippen LogP contribution in [0.3, 0.4) is 0 Å². The minimum Gasteiger partial charge on any atom is -0.496 e. The number of methoxy groups -OCH3 is 1. The number of para-hydroxylation sites is 2. The second kappa shape index (κ2) is 9.44. The number of aromatic nitrogens is 1. The predicted octanol–water partition coefficient (Wildman–Crippen LogP) is 4.73. The van der Waals surface area contributed by atoms with Crippen LogP contribution in [0.4, 0.5) is 0 Å². The quantitative estimate of drug-likeness (QED) is 0.459. The van der Waals surface area contributed by atoms with E-state index in [0.717, 1.165) is 24.2 Å². The van der Waals surface area contributed by atoms with Gasteiger partial charge in [-0.15, -0.1) is 0 Å². The molecule has 0 radical (unpaired) electrons. The van der Waals surface area contributed by atoms with Crippen LogP contribution in [0.2, 0.25) is 0 Å². The average Bonchev–Trinajstić information content (AvgIpc) is 3.11. The Balaban J connectivity index is 1.36. The normalized spacial score (nSPS) is 13.8. The van der Waals surface area contributed by atoms with E-state index in [9.17, 15) is 4.79 Å². The van der Waals surface area contributed by atoms with Crippen LogP contribution >= 0.6 is 0 Å². The summed E-state index contributed by atoms with van der Waals surface area (Å²) in [6.45, 7) is 0.675. The fraction of sp³-hybridized carbons (Fsp3) is 0.280. The molecule has 0 spiro atoms. The number of benzene rings is 2. The van der Waals surface area contributed by atoms with Gasteiger partial charge in [0.1, 0.15) is 5.75 Å². The van der Waals surface area contributed by atoms with Crippen LogP contribution in [0, 0.1) is 0 Å². The minimum absolute atomic E-state index is 0.0840. The lowest BCUT2D eigenvalue weighted by molar-refractivity contribution is -0.121. The van der Waals surface area contributed by atoms with Crippen LogP contribution in [0.1, 0.15) is 36.1 Å². The van der Waals surface area contributed by atoms with E-state index in [1.165, 1.54) is 35.0 Å². The molecule has 1 amide bonds. The summed E-state index contributed by atoms with van der Waals surface area (Å²) in [5.74, 6) is 0.716. The Morgan fingerprint density at radius 2 is 1.93 bits per heavy atom. The third-order valence-electron chi connectivity index (χ3n) is 5.61. The Morgan fingerprint density at radius 3 is 2.83 bits per heavy atom. The van der Waals surface area contributed by atoms with Gasteiger partial charge in [0.05, 0.1) is 7.11 Å². The summed E-state index contributed by atoms with van der Waals surface area (Å²) in [5.41, 5.74) is 7.69. The van der Waals surface area contributed by atoms with Gasteiger partial charge in [0, 0.05) is 41.3 Å². The maximum atomic E-state index is 12.3. The van der Waals surface area contributed by atoms with Gasteiger partial charge in [0.25, 0.3) is 0 Å². The van der Waals surface area contributed by atoms with Crippen molar-refractivity contribution in [3.8, 4) is 5.75 Å². The summed E-state index contributed by atoms with van der Waals surface area (Å²) in [4.78, 5) is 12.3. The van der Waals surface area contributed by atoms with Gasteiger partial charge in [0.15, 0.2) is 0 Å². The number of amides is 1. The number of carbonyl (C=O) groups is 1. The minimum atomic E-state index is -0.0840. The van der Waals surface area contributed by atoms with Gasteiger partial charge in [-0.25, -0.2) is 5.43 Å². The zero-order valence-corrected chi connectivity index (χ0v) is 17.3. The molecular formula is C25H27N3O2. The van der Waals surface area contributed by atoms with Crippen molar-refractivity contribution in [1.82, 2.24) is 9.99 Å². The molecule has 3 aromatic rings. The smallest absolute Gasteiger partial charge is 0.241 e. The molecule has 154 valence electrons. The Bertz CT molecular complexity index is 1090. The van der Waals surface area contributed by atoms with Crippen LogP contribution in [0.15, 0.2) is 59.7 Å². The zero-order valence-electron chi connectivity index (χ0n) is 17.3. The van der Waals surface area contributed by atoms with E-state index < -0.39 is 0 Å². The molecule has 1 aliphatic rings. The highest BCUT2D eigenvalue weighted by Crippen LogP contribution is 2.32. The number of allylic oxidation sites excluding steroid dienone is 1. The van der Waals surface area contributed by atoms with Crippen LogP contribution in [0.25, 0.3) is 17.0 Å². The number of rotatable bonds is 7. The van der Waals surface area contributed by atoms with Crippen LogP contribution in [-0.2, 0) is 24.2 Å². The van der Waals surface area contributed by atoms with E-state index in [2.05, 4.69) is 39.4 Å². The third-order valence-corrected chi connectivity index (χ3v) is 5.61. The van der Waals surface area contributed by atoms with E-state index in [-0.39, 0.29) is 5.91 Å². The van der Waals surface area contributed by atoms with Crippen molar-refractivity contribution in [1.29, 1.82) is 0 Å². The summed E-state index contributed by atoms with van der Waals surface area (Å²) < 4.78 is 7.64. The van der Waals surface area contributed by atoms with Gasteiger partial charge in [-0.05, 0) is 55.5 Å². The predicted molar refractivity (Wildman–Crippen MR) is 122 cm³/mol. The fourth-order valence-electron chi connectivity index (χ4n) is 4.21. The highest BCUT2D eigenvalue weighted by atomic mass is 16.5. The Labute approximate surface area is 177 Å². The molecule has 0 unspecified atom stereocenters. The third kappa shape index (κ3) is 4.30. The summed E-state index contributed by atoms with van der Waals surface area (Å²) in [7, 11) is 1.64. The molecule has 4 rings (SSSR count). The van der Waals surface area contributed by atoms with Gasteiger partial charge >= 0.3 is 0 Å². The maximum absolute atomic E-state index is 12.3. The SMILES string of the molecule is COc1ccccc1/C=C/C=N/NC(=O)CCn1c2c(c3ccccc31)CCCC2. The van der Waals surface area contributed by atoms with Crippen molar-refractivity contribution < 1.29 is 9.53 Å². The van der Waals surface area contributed by atoms with Crippen LogP contribution < -0.4 is 10.2 Å². The average molecular weight is 402 g/mol. The number of fused-ring (bicyclic) bond motifs is 3. The first-order valence-electron chi connectivity index (χ1n) is 10.5. The van der Waals surface area contributed by atoms with E-state index >= 15 is 0 Å². The maximum Gasteiger partial charge on any atom is 0.241 e. The summed E-state index contributed by atoms with van der Waals surface area (Å²) in [6, 6.07) is 16.3. The van der Waals surface area contributed by atoms with Crippen LogP contribution in [0.5, 0.6) is 5.75 Å². The van der Waals surface area contributed by atoms with Gasteiger partial charge in [0.2, 0.25) is 5.91 Å². The van der Waals surface area contributed by atoms with Crippen molar-refractivity contribution >= 4 is 29.1 Å². The first kappa shape index (κ1) is 20.0. The Morgan fingerprint density at radius 1 is 1.13 bits per heavy atom. The molecule has 2 aromatic carbocycles. The lowest BCUT2D eigenvalue weighted by Gasteiger charge is -2.15. The molecule has 0 bridgehead atoms. The van der Waals surface area contributed by atoms with Gasteiger partial charge < -0.3 is 9.30 Å². The highest BCUT2D eigenvalue weighted by Gasteiger charge is 2.19. The number of nitrogens with zero attached hydrogens (tertiary/aromatic N) is 2. The van der Waals surface area contributed by atoms with Crippen LogP contribution in [-0.4, -0.2) is 23.8 Å². The molecule has 0 saturated carbocycles. The molecule has 30 heavy (non-hydrogen) atoms. The van der Waals surface area contributed by atoms with E-state index in [1.54, 1.807) is 19.4 Å². The second-order valence-corrected chi connectivity index (χ2v) is 7.47. The lowest BCUT2D eigenvalue weighted by Crippen LogP contribution is -2.20. The largest absolute Gasteiger partial charge is 0.496 e. The molecular weight excluding hydrogens is 374 g/mol. The molecule has 0 fully saturated rings. The number of carbonyl (C=O) groups excluding carboxylic acids is 1. The number of hydrazone groups is 1. The van der Waals surface area contributed by atoms with Gasteiger partial charge in [-0.1, -0.05) is 36.4 Å². The first-order chi connectivity index (χ1) is 14.8. The number of hydrogen-bond acceptors (Lipinski definition) is 3. The number of nitrogens with one attached hydrogen (secondary N) is 1. The Kier molecular flexibility index (Phi) is 6.28. The van der Waals surface area contributed by atoms with Gasteiger partial charge in [-0.2, -0.15) is 5.10 Å². The van der Waals surface area contributed by atoms with E-state index in [1.807, 2.05) is 30.3 Å². The van der Waals surface area contributed by atoms with Crippen molar-refractivity contribution in [2.45, 2.75) is 38.6 Å². The summed E-state index contributed by atoms with van der Waals surface area (Å²) in [5, 5.41) is 5.37. The second-order valence-electron chi connectivity index (χ2n) is 7.47. The Hall–Kier alpha value is -3.34. The number of hydrogen-bond donors (Lipinski definition) is 1. The van der Waals surface area contributed by atoms with Crippen molar-refractivity contribution in [3.05, 3.63) is 71.4 Å². The monoisotopic (exact) mass is 401 g/mol. The topological polar surface area (TPSA) is 55.6 Å². The molecule has 0 atom stereocenters. The van der Waals surface area contributed by atoms with Crippen molar-refractivity contribution in [2.75, 3.05) is 7.11 Å². The van der Waals surface area contributed by atoms with Crippen molar-refractivity contribution in [3.63, 3.8) is 0 Å². The molecule has 0 saturated heterocycles. The van der Waals surface area contributed by atoms with Gasteiger partial charge in [-0.3, -0.25) is 4.79 Å². The number of aryl methyl sites for hydroxylation is 2. The summed E-state index contributed by atoms with van der Waals surface area (Å²) in [6.07, 6.45) is 10.4. The molecule has 5 heteroatoms. The highest BCUT2D eigenvalue weighted by molar-refractivity contribution is 5.86. The van der Waals surface area contributed by atoms with Crippen molar-refractivity contribution in [2.24, 2.45) is 5.10 Å². The van der Waals surface area contributed by atoms with E-state index in [0.29, 0.717) is 13.0 Å². The molecule has 1 aromatic heterocycles. The lowest BCUT2D eigenvalue weighted by atomic mass is 9.95. The first-order valence-corrected chi connectivity index (χ1v) is 10.5. The number of ether oxygens (including phenoxy) is 1. The molecule has 1 N–H and O–H groups in total. The molecule has 5 nitrogen and oxygen atoms in total.